The Kier molecular flexibility index (Phi) is 5.21. The molecule has 3 heteroatoms. The van der Waals surface area contributed by atoms with E-state index in [1.165, 1.54) is 22.0 Å². The highest BCUT2D eigenvalue weighted by Gasteiger charge is 2.16. The highest BCUT2D eigenvalue weighted by atomic mass is 16.5. The van der Waals surface area contributed by atoms with Crippen LogP contribution in [0.2, 0.25) is 0 Å². The van der Waals surface area contributed by atoms with Crippen molar-refractivity contribution in [3.8, 4) is 5.75 Å². The van der Waals surface area contributed by atoms with Crippen LogP contribution in [-0.2, 0) is 13.5 Å². The summed E-state index contributed by atoms with van der Waals surface area (Å²) in [6.07, 6.45) is 4.19. The lowest BCUT2D eigenvalue weighted by atomic mass is 9.92. The Balaban J connectivity index is 1.81. The van der Waals surface area contributed by atoms with Crippen molar-refractivity contribution < 1.29 is 4.74 Å². The normalized spacial score (nSPS) is 12.5. The van der Waals surface area contributed by atoms with Gasteiger partial charge in [0.05, 0.1) is 6.61 Å². The maximum absolute atomic E-state index is 6.11. The lowest BCUT2D eigenvalue weighted by molar-refractivity contribution is 0.317. The third-order valence-corrected chi connectivity index (χ3v) is 4.53. The van der Waals surface area contributed by atoms with Crippen LogP contribution < -0.4 is 10.5 Å². The number of fused-ring (bicyclic) bond motifs is 1. The zero-order valence-corrected chi connectivity index (χ0v) is 14.5. The Morgan fingerprint density at radius 1 is 1.08 bits per heavy atom. The fraction of sp³-hybridized carbons (Fsp3) is 0.333. The van der Waals surface area contributed by atoms with Crippen LogP contribution in [0.5, 0.6) is 5.75 Å². The van der Waals surface area contributed by atoms with Gasteiger partial charge in [0, 0.05) is 30.1 Å². The highest BCUT2D eigenvalue weighted by molar-refractivity contribution is 5.84. The second-order valence-corrected chi connectivity index (χ2v) is 6.34. The quantitative estimate of drug-likeness (QED) is 0.706. The number of nitrogens with two attached hydrogens (primary N) is 1. The van der Waals surface area contributed by atoms with E-state index >= 15 is 0 Å². The third-order valence-electron chi connectivity index (χ3n) is 4.53. The second-order valence-electron chi connectivity index (χ2n) is 6.34. The van der Waals surface area contributed by atoms with Crippen LogP contribution in [0.25, 0.3) is 10.9 Å². The van der Waals surface area contributed by atoms with E-state index in [0.29, 0.717) is 12.5 Å². The molecular weight excluding hydrogens is 296 g/mol. The molecule has 3 nitrogen and oxygen atoms in total. The number of nitrogens with zero attached hydrogens (tertiary/aromatic N) is 1. The molecule has 1 heterocycles. The zero-order valence-electron chi connectivity index (χ0n) is 14.5. The summed E-state index contributed by atoms with van der Waals surface area (Å²) in [5.41, 5.74) is 10.0. The lowest BCUT2D eigenvalue weighted by Crippen LogP contribution is -2.14. The van der Waals surface area contributed by atoms with Crippen molar-refractivity contribution in [3.05, 3.63) is 65.9 Å². The van der Waals surface area contributed by atoms with E-state index in [1.54, 1.807) is 0 Å². The molecule has 0 radical (unpaired) electrons. The summed E-state index contributed by atoms with van der Waals surface area (Å²) in [6, 6.07) is 16.9. The Morgan fingerprint density at radius 3 is 2.54 bits per heavy atom. The van der Waals surface area contributed by atoms with Gasteiger partial charge < -0.3 is 15.0 Å². The number of aromatic nitrogens is 1. The summed E-state index contributed by atoms with van der Waals surface area (Å²) in [5.74, 6) is 1.26. The third kappa shape index (κ3) is 3.46. The molecule has 0 amide bonds. The van der Waals surface area contributed by atoms with Gasteiger partial charge in [0.1, 0.15) is 5.75 Å². The van der Waals surface area contributed by atoms with Crippen molar-refractivity contribution in [2.75, 3.05) is 13.2 Å². The minimum Gasteiger partial charge on any atom is -0.494 e. The fourth-order valence-electron chi connectivity index (χ4n) is 3.24. The van der Waals surface area contributed by atoms with Crippen LogP contribution in [0.1, 0.15) is 30.4 Å². The SMILES string of the molecule is CCCOc1ccc(CC(CN)c2cn(C)c3ccccc23)cc1. The van der Waals surface area contributed by atoms with Crippen LogP contribution in [0.15, 0.2) is 54.7 Å². The van der Waals surface area contributed by atoms with Crippen molar-refractivity contribution in [1.29, 1.82) is 0 Å². The molecule has 0 aliphatic heterocycles. The summed E-state index contributed by atoms with van der Waals surface area (Å²) in [5, 5.41) is 1.30. The Labute approximate surface area is 144 Å². The van der Waals surface area contributed by atoms with E-state index in [1.807, 2.05) is 0 Å². The summed E-state index contributed by atoms with van der Waals surface area (Å²) in [7, 11) is 2.10. The summed E-state index contributed by atoms with van der Waals surface area (Å²) in [4.78, 5) is 0. The fourth-order valence-corrected chi connectivity index (χ4v) is 3.24. The van der Waals surface area contributed by atoms with Crippen LogP contribution in [-0.4, -0.2) is 17.7 Å². The van der Waals surface area contributed by atoms with Gasteiger partial charge >= 0.3 is 0 Å². The second kappa shape index (κ2) is 7.54. The molecule has 2 N–H and O–H groups in total. The molecule has 3 aromatic rings. The molecule has 2 aromatic carbocycles. The van der Waals surface area contributed by atoms with E-state index in [0.717, 1.165) is 25.2 Å². The van der Waals surface area contributed by atoms with Crippen molar-refractivity contribution in [1.82, 2.24) is 4.57 Å². The molecule has 1 aromatic heterocycles. The van der Waals surface area contributed by atoms with Gasteiger partial charge in [-0.05, 0) is 48.7 Å². The predicted molar refractivity (Wildman–Crippen MR) is 101 cm³/mol. The molecule has 0 saturated carbocycles. The molecule has 0 saturated heterocycles. The standard InChI is InChI=1S/C21H26N2O/c1-3-12-24-18-10-8-16(9-11-18)13-17(14-22)20-15-23(2)21-7-5-4-6-19(20)21/h4-11,15,17H,3,12-14,22H2,1-2H3. The van der Waals surface area contributed by atoms with Gasteiger partial charge in [0.15, 0.2) is 0 Å². The summed E-state index contributed by atoms with van der Waals surface area (Å²) in [6.45, 7) is 3.52. The summed E-state index contributed by atoms with van der Waals surface area (Å²) < 4.78 is 7.85. The number of hydrogen-bond donors (Lipinski definition) is 1. The first-order chi connectivity index (χ1) is 11.7. The molecule has 24 heavy (non-hydrogen) atoms. The molecule has 0 spiro atoms. The summed E-state index contributed by atoms with van der Waals surface area (Å²) >= 11 is 0. The van der Waals surface area contributed by atoms with Gasteiger partial charge in [-0.1, -0.05) is 37.3 Å². The number of para-hydroxylation sites is 1. The van der Waals surface area contributed by atoms with Gasteiger partial charge in [-0.3, -0.25) is 0 Å². The van der Waals surface area contributed by atoms with Crippen molar-refractivity contribution in [3.63, 3.8) is 0 Å². The number of rotatable bonds is 7. The Hall–Kier alpha value is -2.26. The topological polar surface area (TPSA) is 40.2 Å². The van der Waals surface area contributed by atoms with Gasteiger partial charge in [0.25, 0.3) is 0 Å². The van der Waals surface area contributed by atoms with Crippen molar-refractivity contribution in [2.45, 2.75) is 25.7 Å². The molecule has 0 aliphatic rings. The van der Waals surface area contributed by atoms with Crippen molar-refractivity contribution >= 4 is 10.9 Å². The average Bonchev–Trinajstić information content (AvgIpc) is 2.96. The zero-order chi connectivity index (χ0) is 16.9. The van der Waals surface area contributed by atoms with Crippen LogP contribution >= 0.6 is 0 Å². The average molecular weight is 322 g/mol. The van der Waals surface area contributed by atoms with Gasteiger partial charge in [0.2, 0.25) is 0 Å². The number of aryl methyl sites for hydroxylation is 1. The van der Waals surface area contributed by atoms with Gasteiger partial charge in [-0.2, -0.15) is 0 Å². The Bertz CT molecular complexity index is 789. The van der Waals surface area contributed by atoms with Crippen LogP contribution in [0.3, 0.4) is 0 Å². The minimum absolute atomic E-state index is 0.318. The van der Waals surface area contributed by atoms with Gasteiger partial charge in [-0.15, -0.1) is 0 Å². The predicted octanol–water partition coefficient (Wildman–Crippen LogP) is 4.25. The van der Waals surface area contributed by atoms with Crippen LogP contribution in [0, 0.1) is 0 Å². The molecule has 0 fully saturated rings. The number of benzene rings is 2. The van der Waals surface area contributed by atoms with E-state index in [4.69, 9.17) is 10.5 Å². The molecule has 0 bridgehead atoms. The van der Waals surface area contributed by atoms with E-state index in [-0.39, 0.29) is 0 Å². The van der Waals surface area contributed by atoms with E-state index in [2.05, 4.69) is 73.3 Å². The molecule has 1 atom stereocenters. The maximum Gasteiger partial charge on any atom is 0.119 e. The largest absolute Gasteiger partial charge is 0.494 e. The molecule has 1 unspecified atom stereocenters. The number of hydrogen-bond acceptors (Lipinski definition) is 2. The van der Waals surface area contributed by atoms with E-state index in [9.17, 15) is 0 Å². The van der Waals surface area contributed by atoms with Gasteiger partial charge in [-0.25, -0.2) is 0 Å². The molecule has 3 rings (SSSR count). The maximum atomic E-state index is 6.11. The van der Waals surface area contributed by atoms with Crippen molar-refractivity contribution in [2.24, 2.45) is 12.8 Å². The highest BCUT2D eigenvalue weighted by Crippen LogP contribution is 2.29. The first-order valence-electron chi connectivity index (χ1n) is 8.68. The molecule has 0 aliphatic carbocycles. The minimum atomic E-state index is 0.318. The first-order valence-corrected chi connectivity index (χ1v) is 8.68. The monoisotopic (exact) mass is 322 g/mol. The van der Waals surface area contributed by atoms with Crippen LogP contribution in [0.4, 0.5) is 0 Å². The molecular formula is C21H26N2O. The lowest BCUT2D eigenvalue weighted by Gasteiger charge is -2.15. The molecule has 126 valence electrons. The Morgan fingerprint density at radius 2 is 1.83 bits per heavy atom. The first kappa shape index (κ1) is 16.6. The van der Waals surface area contributed by atoms with E-state index < -0.39 is 0 Å². The smallest absolute Gasteiger partial charge is 0.119 e. The number of ether oxygens (including phenoxy) is 1.